The van der Waals surface area contributed by atoms with Crippen LogP contribution in [0.1, 0.15) is 35.1 Å². The number of rotatable bonds is 4. The number of carboxylic acids is 1. The Labute approximate surface area is 130 Å². The molecule has 1 saturated heterocycles. The van der Waals surface area contributed by atoms with Gasteiger partial charge in [0.25, 0.3) is 0 Å². The Kier molecular flexibility index (Phi) is 3.77. The average molecular weight is 351 g/mol. The van der Waals surface area contributed by atoms with Crippen LogP contribution in [0.25, 0.3) is 0 Å². The Balaban J connectivity index is 1.65. The minimum Gasteiger partial charge on any atom is -0.476 e. The van der Waals surface area contributed by atoms with Crippen LogP contribution in [0.2, 0.25) is 0 Å². The van der Waals surface area contributed by atoms with Crippen molar-refractivity contribution < 1.29 is 9.90 Å². The van der Waals surface area contributed by atoms with Crippen LogP contribution in [0.15, 0.2) is 34.9 Å². The normalized spacial score (nSPS) is 17.4. The van der Waals surface area contributed by atoms with Gasteiger partial charge in [0.1, 0.15) is 0 Å². The standard InChI is InChI=1S/C14H15BrN4O2/c1-9(11-4-2-3-5-12(11)15)18-6-10(7-18)19-8-13(14(20)21)16-17-19/h2-5,8-10H,6-7H2,1H3,(H,20,21). The highest BCUT2D eigenvalue weighted by Crippen LogP contribution is 2.33. The van der Waals surface area contributed by atoms with Gasteiger partial charge in [-0.1, -0.05) is 39.3 Å². The van der Waals surface area contributed by atoms with Gasteiger partial charge < -0.3 is 5.11 Å². The molecular formula is C14H15BrN4O2. The first kappa shape index (κ1) is 14.2. The van der Waals surface area contributed by atoms with Crippen LogP contribution in [-0.4, -0.2) is 44.1 Å². The SMILES string of the molecule is CC(c1ccccc1Br)N1CC(n2cc(C(=O)O)nn2)C1. The van der Waals surface area contributed by atoms with E-state index in [0.29, 0.717) is 6.04 Å². The van der Waals surface area contributed by atoms with Gasteiger partial charge in [0.05, 0.1) is 12.2 Å². The van der Waals surface area contributed by atoms with Crippen molar-refractivity contribution in [2.24, 2.45) is 0 Å². The maximum Gasteiger partial charge on any atom is 0.358 e. The molecule has 0 bridgehead atoms. The molecule has 0 radical (unpaired) electrons. The molecule has 1 fully saturated rings. The van der Waals surface area contributed by atoms with Gasteiger partial charge in [0.2, 0.25) is 0 Å². The molecule has 7 heteroatoms. The fraction of sp³-hybridized carbons (Fsp3) is 0.357. The maximum atomic E-state index is 10.8. The molecule has 1 atom stereocenters. The highest BCUT2D eigenvalue weighted by Gasteiger charge is 2.33. The summed E-state index contributed by atoms with van der Waals surface area (Å²) in [5.74, 6) is -1.04. The van der Waals surface area contributed by atoms with Crippen LogP contribution in [0.5, 0.6) is 0 Å². The monoisotopic (exact) mass is 350 g/mol. The zero-order valence-corrected chi connectivity index (χ0v) is 13.1. The van der Waals surface area contributed by atoms with Gasteiger partial charge in [0, 0.05) is 23.6 Å². The fourth-order valence-electron chi connectivity index (χ4n) is 2.54. The number of nitrogens with zero attached hydrogens (tertiary/aromatic N) is 4. The van der Waals surface area contributed by atoms with E-state index in [2.05, 4.69) is 44.1 Å². The topological polar surface area (TPSA) is 71.2 Å². The van der Waals surface area contributed by atoms with Gasteiger partial charge in [-0.2, -0.15) is 0 Å². The zero-order chi connectivity index (χ0) is 15.0. The second-order valence-electron chi connectivity index (χ2n) is 5.19. The minimum atomic E-state index is -1.04. The summed E-state index contributed by atoms with van der Waals surface area (Å²) in [6, 6.07) is 8.68. The highest BCUT2D eigenvalue weighted by molar-refractivity contribution is 9.10. The van der Waals surface area contributed by atoms with Crippen molar-refractivity contribution in [3.05, 3.63) is 46.2 Å². The zero-order valence-electron chi connectivity index (χ0n) is 11.5. The molecule has 0 saturated carbocycles. The second-order valence-corrected chi connectivity index (χ2v) is 6.05. The largest absolute Gasteiger partial charge is 0.476 e. The Bertz CT molecular complexity index is 666. The third-order valence-corrected chi connectivity index (χ3v) is 4.62. The molecule has 1 N–H and O–H groups in total. The third-order valence-electron chi connectivity index (χ3n) is 3.90. The Morgan fingerprint density at radius 3 is 2.76 bits per heavy atom. The molecule has 2 aromatic rings. The summed E-state index contributed by atoms with van der Waals surface area (Å²) < 4.78 is 2.75. The number of aromatic carboxylic acids is 1. The van der Waals surface area contributed by atoms with Gasteiger partial charge >= 0.3 is 5.97 Å². The number of halogens is 1. The summed E-state index contributed by atoms with van der Waals surface area (Å²) in [4.78, 5) is 13.1. The van der Waals surface area contributed by atoms with Crippen molar-refractivity contribution in [1.29, 1.82) is 0 Å². The lowest BCUT2D eigenvalue weighted by molar-refractivity contribution is 0.0583. The highest BCUT2D eigenvalue weighted by atomic mass is 79.9. The van der Waals surface area contributed by atoms with E-state index in [1.165, 1.54) is 11.8 Å². The molecule has 0 aliphatic carbocycles. The van der Waals surface area contributed by atoms with Gasteiger partial charge in [-0.15, -0.1) is 5.10 Å². The molecule has 1 aliphatic rings. The summed E-state index contributed by atoms with van der Waals surface area (Å²) in [6.45, 7) is 3.84. The van der Waals surface area contributed by atoms with Gasteiger partial charge in [-0.25, -0.2) is 9.48 Å². The van der Waals surface area contributed by atoms with Crippen molar-refractivity contribution >= 4 is 21.9 Å². The molecule has 1 aromatic carbocycles. The molecule has 1 unspecified atom stereocenters. The average Bonchev–Trinajstić information content (AvgIpc) is 2.87. The predicted octanol–water partition coefficient (Wildman–Crippen LogP) is 2.36. The summed E-state index contributed by atoms with van der Waals surface area (Å²) in [5.41, 5.74) is 1.24. The van der Waals surface area contributed by atoms with E-state index >= 15 is 0 Å². The van der Waals surface area contributed by atoms with Crippen molar-refractivity contribution in [1.82, 2.24) is 19.9 Å². The Morgan fingerprint density at radius 1 is 1.43 bits per heavy atom. The lowest BCUT2D eigenvalue weighted by Crippen LogP contribution is -2.48. The fourth-order valence-corrected chi connectivity index (χ4v) is 3.15. The van der Waals surface area contributed by atoms with Gasteiger partial charge in [-0.05, 0) is 18.6 Å². The molecule has 2 heterocycles. The van der Waals surface area contributed by atoms with Crippen LogP contribution < -0.4 is 0 Å². The van der Waals surface area contributed by atoms with E-state index in [1.54, 1.807) is 4.68 Å². The number of carboxylic acid groups (broad SMARTS) is 1. The van der Waals surface area contributed by atoms with E-state index in [9.17, 15) is 4.79 Å². The van der Waals surface area contributed by atoms with Crippen molar-refractivity contribution in [3.8, 4) is 0 Å². The summed E-state index contributed by atoms with van der Waals surface area (Å²) in [5, 5.41) is 16.4. The quantitative estimate of drug-likeness (QED) is 0.916. The first-order chi connectivity index (χ1) is 10.1. The van der Waals surface area contributed by atoms with Crippen LogP contribution >= 0.6 is 15.9 Å². The van der Waals surface area contributed by atoms with Crippen molar-refractivity contribution in [2.75, 3.05) is 13.1 Å². The Hall–Kier alpha value is -1.73. The van der Waals surface area contributed by atoms with E-state index < -0.39 is 5.97 Å². The summed E-state index contributed by atoms with van der Waals surface area (Å²) in [7, 11) is 0. The number of carbonyl (C=O) groups is 1. The molecular weight excluding hydrogens is 336 g/mol. The number of hydrogen-bond acceptors (Lipinski definition) is 4. The van der Waals surface area contributed by atoms with E-state index in [0.717, 1.165) is 17.6 Å². The smallest absolute Gasteiger partial charge is 0.358 e. The van der Waals surface area contributed by atoms with E-state index in [-0.39, 0.29) is 11.7 Å². The third kappa shape index (κ3) is 2.71. The molecule has 3 rings (SSSR count). The molecule has 1 aromatic heterocycles. The molecule has 1 aliphatic heterocycles. The Morgan fingerprint density at radius 2 is 2.14 bits per heavy atom. The van der Waals surface area contributed by atoms with Gasteiger partial charge in [-0.3, -0.25) is 4.90 Å². The summed E-state index contributed by atoms with van der Waals surface area (Å²) in [6.07, 6.45) is 1.49. The van der Waals surface area contributed by atoms with Crippen LogP contribution in [0.4, 0.5) is 0 Å². The minimum absolute atomic E-state index is 0.00713. The molecule has 0 spiro atoms. The van der Waals surface area contributed by atoms with Crippen molar-refractivity contribution in [2.45, 2.75) is 19.0 Å². The number of likely N-dealkylation sites (tertiary alicyclic amines) is 1. The predicted molar refractivity (Wildman–Crippen MR) is 80.1 cm³/mol. The number of benzene rings is 1. The van der Waals surface area contributed by atoms with Crippen molar-refractivity contribution in [3.63, 3.8) is 0 Å². The molecule has 6 nitrogen and oxygen atoms in total. The second kappa shape index (κ2) is 5.57. The van der Waals surface area contributed by atoms with E-state index in [1.807, 2.05) is 18.2 Å². The van der Waals surface area contributed by atoms with Crippen LogP contribution in [0, 0.1) is 0 Å². The summed E-state index contributed by atoms with van der Waals surface area (Å²) >= 11 is 3.58. The number of hydrogen-bond donors (Lipinski definition) is 1. The number of aromatic nitrogens is 3. The van der Waals surface area contributed by atoms with Crippen LogP contribution in [0.3, 0.4) is 0 Å². The van der Waals surface area contributed by atoms with Gasteiger partial charge in [0.15, 0.2) is 5.69 Å². The lowest BCUT2D eigenvalue weighted by atomic mass is 10.0. The molecule has 0 amide bonds. The molecule has 21 heavy (non-hydrogen) atoms. The van der Waals surface area contributed by atoms with E-state index in [4.69, 9.17) is 5.11 Å². The van der Waals surface area contributed by atoms with Crippen LogP contribution in [-0.2, 0) is 0 Å². The maximum absolute atomic E-state index is 10.8. The molecule has 110 valence electrons. The first-order valence-electron chi connectivity index (χ1n) is 6.70. The lowest BCUT2D eigenvalue weighted by Gasteiger charge is -2.43. The first-order valence-corrected chi connectivity index (χ1v) is 7.49.